The third-order valence-electron chi connectivity index (χ3n) is 7.86. The molecule has 39 heavy (non-hydrogen) atoms. The molecule has 0 radical (unpaired) electrons. The maximum absolute atomic E-state index is 13.4. The first-order chi connectivity index (χ1) is 18.9. The molecule has 1 fully saturated rings. The fourth-order valence-electron chi connectivity index (χ4n) is 5.61. The van der Waals surface area contributed by atoms with Gasteiger partial charge in [0.05, 0.1) is 29.1 Å². The Morgan fingerprint density at radius 2 is 1.97 bits per heavy atom. The van der Waals surface area contributed by atoms with Crippen molar-refractivity contribution in [3.63, 3.8) is 0 Å². The average Bonchev–Trinajstić information content (AvgIpc) is 3.45. The Balaban J connectivity index is 1.18. The monoisotopic (exact) mass is 547 g/mol. The van der Waals surface area contributed by atoms with Crippen LogP contribution in [0.25, 0.3) is 11.3 Å². The van der Waals surface area contributed by atoms with Crippen molar-refractivity contribution in [3.8, 4) is 11.3 Å². The number of benzene rings is 2. The Kier molecular flexibility index (Phi) is 6.97. The highest BCUT2D eigenvalue weighted by atomic mass is 35.5. The van der Waals surface area contributed by atoms with Gasteiger partial charge in [0, 0.05) is 43.3 Å². The molecule has 1 aromatic heterocycles. The van der Waals surface area contributed by atoms with Crippen LogP contribution in [0.3, 0.4) is 0 Å². The molecule has 3 aliphatic rings. The molecule has 202 valence electrons. The summed E-state index contributed by atoms with van der Waals surface area (Å²) in [6, 6.07) is 12.3. The van der Waals surface area contributed by atoms with Crippen LogP contribution in [0.1, 0.15) is 52.9 Å². The van der Waals surface area contributed by atoms with E-state index in [0.717, 1.165) is 29.5 Å². The molecule has 0 saturated carbocycles. The molecule has 3 unspecified atom stereocenters. The van der Waals surface area contributed by atoms with Crippen LogP contribution in [0.2, 0.25) is 5.02 Å². The van der Waals surface area contributed by atoms with Crippen molar-refractivity contribution < 1.29 is 19.4 Å². The third kappa shape index (κ3) is 4.97. The summed E-state index contributed by atoms with van der Waals surface area (Å²) in [5.74, 6) is -0.0527. The number of ether oxygens (including phenoxy) is 1. The number of aliphatic hydroxyl groups is 1. The lowest BCUT2D eigenvalue weighted by atomic mass is 10.0. The minimum Gasteiger partial charge on any atom is -0.390 e. The number of aromatic nitrogens is 2. The average molecular weight is 548 g/mol. The first-order valence-corrected chi connectivity index (χ1v) is 13.6. The van der Waals surface area contributed by atoms with Crippen molar-refractivity contribution in [2.75, 3.05) is 18.5 Å². The van der Waals surface area contributed by atoms with Crippen molar-refractivity contribution >= 4 is 29.4 Å². The lowest BCUT2D eigenvalue weighted by Gasteiger charge is -2.26. The van der Waals surface area contributed by atoms with E-state index in [2.05, 4.69) is 20.6 Å². The molecule has 3 heterocycles. The Bertz CT molecular complexity index is 1430. The predicted octanol–water partition coefficient (Wildman–Crippen LogP) is 3.51. The van der Waals surface area contributed by atoms with Crippen LogP contribution < -0.4 is 10.6 Å². The lowest BCUT2D eigenvalue weighted by molar-refractivity contribution is -0.126. The van der Waals surface area contributed by atoms with E-state index in [-0.39, 0.29) is 17.9 Å². The number of rotatable bonds is 6. The van der Waals surface area contributed by atoms with Crippen molar-refractivity contribution in [2.24, 2.45) is 0 Å². The summed E-state index contributed by atoms with van der Waals surface area (Å²) in [6.07, 6.45) is 3.11. The van der Waals surface area contributed by atoms with Gasteiger partial charge < -0.3 is 25.4 Å². The molecule has 0 bridgehead atoms. The minimum absolute atomic E-state index is 0.229. The molecule has 3 N–H and O–H groups in total. The summed E-state index contributed by atoms with van der Waals surface area (Å²) in [4.78, 5) is 37.2. The fourth-order valence-corrected chi connectivity index (χ4v) is 5.81. The molecule has 1 aliphatic carbocycles. The van der Waals surface area contributed by atoms with Gasteiger partial charge in [-0.05, 0) is 42.5 Å². The third-order valence-corrected chi connectivity index (χ3v) is 8.14. The molecular formula is C29H30ClN5O4. The number of nitrogens with zero attached hydrogens (tertiary/aromatic N) is 3. The van der Waals surface area contributed by atoms with Crippen LogP contribution in [0.4, 0.5) is 5.95 Å². The van der Waals surface area contributed by atoms with Gasteiger partial charge >= 0.3 is 0 Å². The largest absolute Gasteiger partial charge is 0.390 e. The smallest absolute Gasteiger partial charge is 0.255 e. The van der Waals surface area contributed by atoms with Gasteiger partial charge in [-0.1, -0.05) is 48.0 Å². The van der Waals surface area contributed by atoms with Crippen LogP contribution in [-0.2, 0) is 22.5 Å². The number of anilines is 1. The van der Waals surface area contributed by atoms with Crippen molar-refractivity contribution in [1.29, 1.82) is 0 Å². The summed E-state index contributed by atoms with van der Waals surface area (Å²) in [5.41, 5.74) is 4.53. The number of amides is 2. The molecule has 2 amide bonds. The second kappa shape index (κ2) is 10.6. The Hall–Kier alpha value is -3.53. The Morgan fingerprint density at radius 1 is 1.18 bits per heavy atom. The van der Waals surface area contributed by atoms with Crippen molar-refractivity contribution in [1.82, 2.24) is 20.2 Å². The Morgan fingerprint density at radius 3 is 2.79 bits per heavy atom. The normalized spacial score (nSPS) is 21.4. The van der Waals surface area contributed by atoms with Gasteiger partial charge in [0.1, 0.15) is 6.04 Å². The number of hydrogen-bond donors (Lipinski definition) is 3. The maximum atomic E-state index is 13.4. The van der Waals surface area contributed by atoms with Gasteiger partial charge in [-0.3, -0.25) is 9.59 Å². The van der Waals surface area contributed by atoms with E-state index in [1.807, 2.05) is 36.4 Å². The summed E-state index contributed by atoms with van der Waals surface area (Å²) in [7, 11) is 0. The molecule has 2 aliphatic heterocycles. The summed E-state index contributed by atoms with van der Waals surface area (Å²) >= 11 is 6.47. The first-order valence-electron chi connectivity index (χ1n) is 13.3. The number of carbonyl (C=O) groups excluding carboxylic acids is 2. The highest BCUT2D eigenvalue weighted by molar-refractivity contribution is 6.33. The number of carbonyl (C=O) groups is 2. The van der Waals surface area contributed by atoms with Gasteiger partial charge in [-0.25, -0.2) is 9.97 Å². The van der Waals surface area contributed by atoms with E-state index in [0.29, 0.717) is 54.0 Å². The number of hydrogen-bond acceptors (Lipinski definition) is 7. The quantitative estimate of drug-likeness (QED) is 0.432. The zero-order valence-corrected chi connectivity index (χ0v) is 22.3. The molecule has 6 rings (SSSR count). The summed E-state index contributed by atoms with van der Waals surface area (Å²) in [6.45, 7) is 3.43. The number of halogens is 1. The molecule has 1 saturated heterocycles. The predicted molar refractivity (Wildman–Crippen MR) is 146 cm³/mol. The highest BCUT2D eigenvalue weighted by Gasteiger charge is 2.37. The van der Waals surface area contributed by atoms with E-state index >= 15 is 0 Å². The van der Waals surface area contributed by atoms with Crippen molar-refractivity contribution in [2.45, 2.75) is 57.0 Å². The van der Waals surface area contributed by atoms with Gasteiger partial charge in [0.15, 0.2) is 0 Å². The van der Waals surface area contributed by atoms with Crippen molar-refractivity contribution in [3.05, 3.63) is 75.9 Å². The maximum Gasteiger partial charge on any atom is 0.255 e. The van der Waals surface area contributed by atoms with Gasteiger partial charge in [0.25, 0.3) is 5.91 Å². The second-order valence-corrected chi connectivity index (χ2v) is 10.8. The van der Waals surface area contributed by atoms with Gasteiger partial charge in [0.2, 0.25) is 11.9 Å². The lowest BCUT2D eigenvalue weighted by Crippen LogP contribution is -2.47. The molecular weight excluding hydrogens is 518 g/mol. The first kappa shape index (κ1) is 25.7. The summed E-state index contributed by atoms with van der Waals surface area (Å²) < 4.78 is 5.42. The van der Waals surface area contributed by atoms with E-state index in [1.54, 1.807) is 24.1 Å². The van der Waals surface area contributed by atoms with Gasteiger partial charge in [-0.2, -0.15) is 0 Å². The van der Waals surface area contributed by atoms with E-state index in [9.17, 15) is 14.7 Å². The number of nitrogens with one attached hydrogen (secondary N) is 2. The minimum atomic E-state index is -0.716. The molecule has 3 aromatic rings. The van der Waals surface area contributed by atoms with E-state index in [4.69, 9.17) is 16.3 Å². The molecule has 3 atom stereocenters. The van der Waals surface area contributed by atoms with Crippen LogP contribution >= 0.6 is 11.6 Å². The second-order valence-electron chi connectivity index (χ2n) is 10.4. The highest BCUT2D eigenvalue weighted by Crippen LogP contribution is 2.34. The molecule has 10 heteroatoms. The van der Waals surface area contributed by atoms with Crippen LogP contribution in [0.15, 0.2) is 48.7 Å². The standard InChI is InChI=1S/C29H30ClN5O4/c1-16(27(37)33-26-21-5-3-2-4-17(21)13-24(26)36)35-15-19-7-6-18(12-22(19)28(35)38)25-23(30)14-31-29(34-25)32-20-8-10-39-11-9-20/h2-7,12,14,16,20,24,26,36H,8-11,13,15H2,1H3,(H,33,37)(H,31,32,34). The number of aliphatic hydroxyl groups excluding tert-OH is 1. The Labute approximate surface area is 231 Å². The zero-order chi connectivity index (χ0) is 27.1. The molecule has 2 aromatic carbocycles. The van der Waals surface area contributed by atoms with Crippen LogP contribution in [0, 0.1) is 0 Å². The summed E-state index contributed by atoms with van der Waals surface area (Å²) in [5, 5.41) is 17.2. The topological polar surface area (TPSA) is 117 Å². The fraction of sp³-hybridized carbons (Fsp3) is 0.379. The van der Waals surface area contributed by atoms with Crippen LogP contribution in [0.5, 0.6) is 0 Å². The SMILES string of the molecule is CC(C(=O)NC1c2ccccc2CC1O)N1Cc2ccc(-c3nc(NC4CCOCC4)ncc3Cl)cc2C1=O. The van der Waals surface area contributed by atoms with E-state index < -0.39 is 18.2 Å². The number of fused-ring (bicyclic) bond motifs is 2. The van der Waals surface area contributed by atoms with Crippen LogP contribution in [-0.4, -0.2) is 63.2 Å². The van der Waals surface area contributed by atoms with Gasteiger partial charge in [-0.15, -0.1) is 0 Å². The molecule has 0 spiro atoms. The zero-order valence-electron chi connectivity index (χ0n) is 21.6. The van der Waals surface area contributed by atoms with E-state index in [1.165, 1.54) is 0 Å². The molecule has 9 nitrogen and oxygen atoms in total.